The van der Waals surface area contributed by atoms with Gasteiger partial charge in [0.15, 0.2) is 0 Å². The van der Waals surface area contributed by atoms with E-state index in [0.717, 1.165) is 37.9 Å². The molecule has 0 amide bonds. The van der Waals surface area contributed by atoms with E-state index in [9.17, 15) is 4.79 Å². The van der Waals surface area contributed by atoms with Crippen molar-refractivity contribution in [3.05, 3.63) is 34.9 Å². The minimum Gasteiger partial charge on any atom is -0.468 e. The largest absolute Gasteiger partial charge is 0.468 e. The summed E-state index contributed by atoms with van der Waals surface area (Å²) in [6, 6.07) is 0. The quantitative estimate of drug-likeness (QED) is 0.277. The lowest BCUT2D eigenvalue weighted by Crippen LogP contribution is -2.03. The number of thioether (sulfide) groups is 1. The number of hydrogen-bond acceptors (Lipinski definition) is 3. The van der Waals surface area contributed by atoms with Gasteiger partial charge in [0.25, 0.3) is 0 Å². The second kappa shape index (κ2) is 13.7. The monoisotopic (exact) mass is 324 g/mol. The summed E-state index contributed by atoms with van der Waals surface area (Å²) < 4.78 is 4.61. The Kier molecular flexibility index (Phi) is 13.1. The standard InChI is InChI=1S/C19H32O2S/c1-16(2)9-6-10-17(3)11-7-12-18(4)13-8-14-22-15-19(20)21-5/h9,11,13H,6-8,10,12,14-15H2,1-5H3/b17-11+,18-13+. The molecule has 0 saturated carbocycles. The highest BCUT2D eigenvalue weighted by Gasteiger charge is 1.98. The molecule has 0 bridgehead atoms. The van der Waals surface area contributed by atoms with Crippen molar-refractivity contribution >= 4 is 17.7 Å². The molecule has 0 N–H and O–H groups in total. The topological polar surface area (TPSA) is 26.3 Å². The summed E-state index contributed by atoms with van der Waals surface area (Å²) in [6.45, 7) is 8.71. The van der Waals surface area contributed by atoms with Crippen molar-refractivity contribution in [2.24, 2.45) is 0 Å². The molecule has 0 atom stereocenters. The van der Waals surface area contributed by atoms with Gasteiger partial charge >= 0.3 is 5.97 Å². The summed E-state index contributed by atoms with van der Waals surface area (Å²) >= 11 is 1.63. The van der Waals surface area contributed by atoms with Crippen LogP contribution in [0.3, 0.4) is 0 Å². The van der Waals surface area contributed by atoms with E-state index >= 15 is 0 Å². The number of esters is 1. The summed E-state index contributed by atoms with van der Waals surface area (Å²) in [4.78, 5) is 11.0. The molecule has 0 saturated heterocycles. The number of hydrogen-bond donors (Lipinski definition) is 0. The molecular weight excluding hydrogens is 292 g/mol. The molecule has 0 aromatic rings. The summed E-state index contributed by atoms with van der Waals surface area (Å²) in [7, 11) is 1.43. The Hall–Kier alpha value is -0.960. The zero-order valence-corrected chi connectivity index (χ0v) is 15.7. The Bertz CT molecular complexity index is 402. The van der Waals surface area contributed by atoms with Gasteiger partial charge in [0.1, 0.15) is 0 Å². The first-order valence-electron chi connectivity index (χ1n) is 8.05. The van der Waals surface area contributed by atoms with Gasteiger partial charge in [-0.1, -0.05) is 34.9 Å². The van der Waals surface area contributed by atoms with E-state index in [1.54, 1.807) is 11.8 Å². The molecule has 0 aromatic carbocycles. The molecular formula is C19H32O2S. The second-order valence-corrected chi connectivity index (χ2v) is 6.98. The molecule has 3 heteroatoms. The summed E-state index contributed by atoms with van der Waals surface area (Å²) in [5.41, 5.74) is 4.32. The number of allylic oxidation sites excluding steroid dienone is 6. The third-order valence-electron chi connectivity index (χ3n) is 3.33. The molecule has 0 spiro atoms. The fraction of sp³-hybridized carbons (Fsp3) is 0.632. The van der Waals surface area contributed by atoms with Gasteiger partial charge in [0.05, 0.1) is 12.9 Å². The van der Waals surface area contributed by atoms with Gasteiger partial charge in [-0.3, -0.25) is 4.79 Å². The van der Waals surface area contributed by atoms with Crippen LogP contribution in [-0.4, -0.2) is 24.6 Å². The van der Waals surface area contributed by atoms with Gasteiger partial charge in [-0.15, -0.1) is 11.8 Å². The predicted octanol–water partition coefficient (Wildman–Crippen LogP) is 5.70. The van der Waals surface area contributed by atoms with Crippen molar-refractivity contribution in [3.8, 4) is 0 Å². The molecule has 0 aliphatic rings. The van der Waals surface area contributed by atoms with Crippen LogP contribution in [0.4, 0.5) is 0 Å². The first-order chi connectivity index (χ1) is 10.5. The van der Waals surface area contributed by atoms with E-state index in [4.69, 9.17) is 0 Å². The molecule has 0 rings (SSSR count). The number of carbonyl (C=O) groups is 1. The van der Waals surface area contributed by atoms with Crippen LogP contribution in [0.2, 0.25) is 0 Å². The van der Waals surface area contributed by atoms with E-state index in [1.807, 2.05) is 0 Å². The SMILES string of the molecule is COC(=O)CSCC/C=C(\C)CC/C=C(\C)CCC=C(C)C. The van der Waals surface area contributed by atoms with E-state index in [0.29, 0.717) is 5.75 Å². The van der Waals surface area contributed by atoms with E-state index < -0.39 is 0 Å². The predicted molar refractivity (Wildman–Crippen MR) is 99.4 cm³/mol. The lowest BCUT2D eigenvalue weighted by molar-refractivity contribution is -0.137. The maximum absolute atomic E-state index is 11.0. The Labute approximate surface area is 141 Å². The normalized spacial score (nSPS) is 12.2. The third-order valence-corrected chi connectivity index (χ3v) is 4.29. The van der Waals surface area contributed by atoms with Gasteiger partial charge in [-0.05, 0) is 65.6 Å². The van der Waals surface area contributed by atoms with E-state index in [2.05, 4.69) is 50.7 Å². The minimum absolute atomic E-state index is 0.139. The molecule has 0 radical (unpaired) electrons. The van der Waals surface area contributed by atoms with Gasteiger partial charge in [-0.2, -0.15) is 0 Å². The maximum atomic E-state index is 11.0. The maximum Gasteiger partial charge on any atom is 0.315 e. The highest BCUT2D eigenvalue weighted by atomic mass is 32.2. The molecule has 0 fully saturated rings. The molecule has 0 aliphatic heterocycles. The molecule has 22 heavy (non-hydrogen) atoms. The molecule has 2 nitrogen and oxygen atoms in total. The highest BCUT2D eigenvalue weighted by molar-refractivity contribution is 7.99. The Morgan fingerprint density at radius 2 is 1.45 bits per heavy atom. The summed E-state index contributed by atoms with van der Waals surface area (Å²) in [6.07, 6.45) is 12.5. The average Bonchev–Trinajstić information content (AvgIpc) is 2.46. The van der Waals surface area contributed by atoms with Gasteiger partial charge in [-0.25, -0.2) is 0 Å². The fourth-order valence-corrected chi connectivity index (χ4v) is 2.66. The molecule has 0 aromatic heterocycles. The zero-order valence-electron chi connectivity index (χ0n) is 14.9. The number of ether oxygens (including phenoxy) is 1. The van der Waals surface area contributed by atoms with Crippen molar-refractivity contribution in [2.45, 2.75) is 59.8 Å². The van der Waals surface area contributed by atoms with Crippen molar-refractivity contribution in [2.75, 3.05) is 18.6 Å². The Morgan fingerprint density at radius 3 is 2.00 bits per heavy atom. The lowest BCUT2D eigenvalue weighted by Gasteiger charge is -2.02. The van der Waals surface area contributed by atoms with Crippen LogP contribution in [0.25, 0.3) is 0 Å². The van der Waals surface area contributed by atoms with Gasteiger partial charge in [0, 0.05) is 0 Å². The molecule has 0 heterocycles. The smallest absolute Gasteiger partial charge is 0.315 e. The number of rotatable bonds is 11. The first kappa shape index (κ1) is 21.0. The number of carbonyl (C=O) groups excluding carboxylic acids is 1. The highest BCUT2D eigenvalue weighted by Crippen LogP contribution is 2.12. The van der Waals surface area contributed by atoms with E-state index in [-0.39, 0.29) is 5.97 Å². The number of methoxy groups -OCH3 is 1. The van der Waals surface area contributed by atoms with Crippen LogP contribution < -0.4 is 0 Å². The van der Waals surface area contributed by atoms with Crippen molar-refractivity contribution in [1.82, 2.24) is 0 Å². The first-order valence-corrected chi connectivity index (χ1v) is 9.20. The minimum atomic E-state index is -0.139. The lowest BCUT2D eigenvalue weighted by atomic mass is 10.1. The third kappa shape index (κ3) is 14.0. The van der Waals surface area contributed by atoms with Gasteiger partial charge < -0.3 is 4.74 Å². The van der Waals surface area contributed by atoms with Crippen LogP contribution in [0, 0.1) is 0 Å². The van der Waals surface area contributed by atoms with Crippen molar-refractivity contribution in [1.29, 1.82) is 0 Å². The Morgan fingerprint density at radius 1 is 0.909 bits per heavy atom. The van der Waals surface area contributed by atoms with Crippen LogP contribution in [0.15, 0.2) is 34.9 Å². The van der Waals surface area contributed by atoms with Crippen LogP contribution in [0.1, 0.15) is 59.8 Å². The van der Waals surface area contributed by atoms with Crippen LogP contribution in [0.5, 0.6) is 0 Å². The van der Waals surface area contributed by atoms with Crippen molar-refractivity contribution in [3.63, 3.8) is 0 Å². The fourth-order valence-electron chi connectivity index (χ4n) is 1.94. The van der Waals surface area contributed by atoms with E-state index in [1.165, 1.54) is 23.8 Å². The van der Waals surface area contributed by atoms with Crippen molar-refractivity contribution < 1.29 is 9.53 Å². The summed E-state index contributed by atoms with van der Waals surface area (Å²) in [5, 5.41) is 0. The summed E-state index contributed by atoms with van der Waals surface area (Å²) in [5.74, 6) is 1.29. The van der Waals surface area contributed by atoms with Gasteiger partial charge in [0.2, 0.25) is 0 Å². The molecule has 126 valence electrons. The van der Waals surface area contributed by atoms with Crippen LogP contribution in [-0.2, 0) is 9.53 Å². The Balaban J connectivity index is 3.78. The molecule has 0 unspecified atom stereocenters. The second-order valence-electron chi connectivity index (χ2n) is 5.88. The van der Waals surface area contributed by atoms with Crippen LogP contribution >= 0.6 is 11.8 Å². The zero-order chi connectivity index (χ0) is 16.8. The average molecular weight is 325 g/mol. The molecule has 0 aliphatic carbocycles.